The summed E-state index contributed by atoms with van der Waals surface area (Å²) in [7, 11) is 1.28. The number of rotatable bonds is 5. The van der Waals surface area contributed by atoms with Gasteiger partial charge in [-0.1, -0.05) is 0 Å². The van der Waals surface area contributed by atoms with Gasteiger partial charge in [-0.2, -0.15) is 0 Å². The maximum Gasteiger partial charge on any atom is 0.334 e. The minimum Gasteiger partial charge on any atom is -0.479 e. The Morgan fingerprint density at radius 3 is 2.44 bits per heavy atom. The summed E-state index contributed by atoms with van der Waals surface area (Å²) in [5, 5.41) is 23.2. The number of carboxylic acid groups (broad SMARTS) is 1. The third-order valence-corrected chi connectivity index (χ3v) is 3.04. The molecule has 1 fully saturated rings. The van der Waals surface area contributed by atoms with Crippen LogP contribution in [0.25, 0.3) is 0 Å². The van der Waals surface area contributed by atoms with E-state index in [2.05, 4.69) is 10.6 Å². The van der Waals surface area contributed by atoms with E-state index in [0.717, 1.165) is 12.8 Å². The topological polar surface area (TPSA) is 108 Å². The number of methoxy groups -OCH3 is 1. The Morgan fingerprint density at radius 1 is 1.33 bits per heavy atom. The van der Waals surface area contributed by atoms with Crippen LogP contribution in [0.2, 0.25) is 0 Å². The molecule has 0 heterocycles. The monoisotopic (exact) mass is 260 g/mol. The van der Waals surface area contributed by atoms with E-state index >= 15 is 0 Å². The van der Waals surface area contributed by atoms with Gasteiger partial charge in [0, 0.05) is 13.2 Å². The number of urea groups is 1. The fourth-order valence-corrected chi connectivity index (χ4v) is 1.91. The van der Waals surface area contributed by atoms with Crippen molar-refractivity contribution in [3.8, 4) is 0 Å². The van der Waals surface area contributed by atoms with Crippen molar-refractivity contribution in [2.75, 3.05) is 13.7 Å². The van der Waals surface area contributed by atoms with Gasteiger partial charge in [0.1, 0.15) is 0 Å². The summed E-state index contributed by atoms with van der Waals surface area (Å²) in [4.78, 5) is 22.1. The lowest BCUT2D eigenvalue weighted by molar-refractivity contribution is -0.147. The minimum absolute atomic E-state index is 0.0409. The Bertz CT molecular complexity index is 289. The molecule has 7 nitrogen and oxygen atoms in total. The van der Waals surface area contributed by atoms with E-state index < -0.39 is 18.1 Å². The van der Waals surface area contributed by atoms with Gasteiger partial charge < -0.3 is 25.6 Å². The molecule has 0 spiro atoms. The number of carbonyl (C=O) groups excluding carboxylic acids is 1. The van der Waals surface area contributed by atoms with Crippen LogP contribution in [-0.2, 0) is 9.53 Å². The molecular formula is C11H20N2O5. The number of carbonyl (C=O) groups is 2. The van der Waals surface area contributed by atoms with Crippen LogP contribution in [0.5, 0.6) is 0 Å². The highest BCUT2D eigenvalue weighted by atomic mass is 16.5. The fraction of sp³-hybridized carbons (Fsp3) is 0.818. The van der Waals surface area contributed by atoms with Crippen molar-refractivity contribution >= 4 is 12.0 Å². The molecule has 1 aliphatic rings. The van der Waals surface area contributed by atoms with Crippen molar-refractivity contribution in [3.63, 3.8) is 0 Å². The fourth-order valence-electron chi connectivity index (χ4n) is 1.91. The van der Waals surface area contributed by atoms with Crippen molar-refractivity contribution in [2.24, 2.45) is 0 Å². The Morgan fingerprint density at radius 2 is 1.94 bits per heavy atom. The summed E-state index contributed by atoms with van der Waals surface area (Å²) in [5.41, 5.74) is 0. The van der Waals surface area contributed by atoms with Gasteiger partial charge in [0.2, 0.25) is 0 Å². The second-order valence-electron chi connectivity index (χ2n) is 4.42. The molecule has 1 unspecified atom stereocenters. The highest BCUT2D eigenvalue weighted by molar-refractivity contribution is 5.77. The van der Waals surface area contributed by atoms with Crippen LogP contribution in [0.1, 0.15) is 25.7 Å². The first kappa shape index (κ1) is 14.7. The predicted octanol–water partition coefficient (Wildman–Crippen LogP) is -0.311. The lowest BCUT2D eigenvalue weighted by atomic mass is 9.93. The van der Waals surface area contributed by atoms with Crippen LogP contribution in [0.3, 0.4) is 0 Å². The minimum atomic E-state index is -1.11. The molecule has 4 N–H and O–H groups in total. The number of carboxylic acids is 1. The van der Waals surface area contributed by atoms with E-state index in [-0.39, 0.29) is 18.7 Å². The summed E-state index contributed by atoms with van der Waals surface area (Å²) < 4.78 is 4.69. The van der Waals surface area contributed by atoms with Crippen LogP contribution < -0.4 is 10.6 Å². The highest BCUT2D eigenvalue weighted by Crippen LogP contribution is 2.17. The van der Waals surface area contributed by atoms with Crippen molar-refractivity contribution in [3.05, 3.63) is 0 Å². The highest BCUT2D eigenvalue weighted by Gasteiger charge is 2.22. The number of hydrogen-bond acceptors (Lipinski definition) is 4. The number of aliphatic hydroxyl groups excluding tert-OH is 1. The number of ether oxygens (including phenoxy) is 1. The zero-order chi connectivity index (χ0) is 13.5. The third-order valence-electron chi connectivity index (χ3n) is 3.04. The molecule has 0 bridgehead atoms. The summed E-state index contributed by atoms with van der Waals surface area (Å²) in [6, 6.07) is -0.362. The van der Waals surface area contributed by atoms with Gasteiger partial charge in [0.05, 0.1) is 12.6 Å². The van der Waals surface area contributed by atoms with Crippen LogP contribution in [0.4, 0.5) is 4.79 Å². The molecule has 1 aliphatic carbocycles. The number of aliphatic carboxylic acids is 1. The lowest BCUT2D eigenvalue weighted by Gasteiger charge is -2.26. The Balaban J connectivity index is 2.23. The summed E-state index contributed by atoms with van der Waals surface area (Å²) in [6.45, 7) is -0.0764. The molecule has 1 saturated carbocycles. The van der Waals surface area contributed by atoms with E-state index in [4.69, 9.17) is 9.84 Å². The van der Waals surface area contributed by atoms with E-state index in [0.29, 0.717) is 12.8 Å². The standard InChI is InChI=1S/C11H20N2O5/c1-18-9(10(15)16)6-12-11(17)13-7-2-4-8(14)5-3-7/h7-9,14H,2-6H2,1H3,(H,15,16)(H2,12,13,17). The average molecular weight is 260 g/mol. The molecule has 1 rings (SSSR count). The van der Waals surface area contributed by atoms with Crippen molar-refractivity contribution in [2.45, 2.75) is 43.9 Å². The van der Waals surface area contributed by atoms with E-state index in [1.165, 1.54) is 7.11 Å². The normalized spacial score (nSPS) is 25.2. The predicted molar refractivity (Wildman–Crippen MR) is 63.2 cm³/mol. The first-order chi connectivity index (χ1) is 8.52. The molecule has 2 amide bonds. The summed E-state index contributed by atoms with van der Waals surface area (Å²) in [5.74, 6) is -1.11. The second kappa shape index (κ2) is 7.17. The smallest absolute Gasteiger partial charge is 0.334 e. The van der Waals surface area contributed by atoms with Gasteiger partial charge in [-0.05, 0) is 25.7 Å². The summed E-state index contributed by atoms with van der Waals surface area (Å²) >= 11 is 0. The zero-order valence-corrected chi connectivity index (χ0v) is 10.4. The first-order valence-corrected chi connectivity index (χ1v) is 6.01. The SMILES string of the molecule is COC(CNC(=O)NC1CCC(O)CC1)C(=O)O. The van der Waals surface area contributed by atoms with Gasteiger partial charge in [-0.15, -0.1) is 0 Å². The van der Waals surface area contributed by atoms with Crippen LogP contribution in [0, 0.1) is 0 Å². The lowest BCUT2D eigenvalue weighted by Crippen LogP contribution is -2.47. The molecule has 1 atom stereocenters. The van der Waals surface area contributed by atoms with Crippen LogP contribution in [-0.4, -0.2) is 54.1 Å². The van der Waals surface area contributed by atoms with Crippen LogP contribution in [0.15, 0.2) is 0 Å². The molecule has 104 valence electrons. The molecule has 0 aromatic rings. The van der Waals surface area contributed by atoms with Gasteiger partial charge in [0.15, 0.2) is 6.10 Å². The summed E-state index contributed by atoms with van der Waals surface area (Å²) in [6.07, 6.45) is 1.53. The Hall–Kier alpha value is -1.34. The molecule has 0 aliphatic heterocycles. The van der Waals surface area contributed by atoms with Gasteiger partial charge >= 0.3 is 12.0 Å². The molecule has 0 aromatic carbocycles. The Labute approximate surface area is 106 Å². The van der Waals surface area contributed by atoms with Gasteiger partial charge in [-0.25, -0.2) is 9.59 Å². The number of hydrogen-bond donors (Lipinski definition) is 4. The second-order valence-corrected chi connectivity index (χ2v) is 4.42. The maximum atomic E-state index is 11.5. The quantitative estimate of drug-likeness (QED) is 0.542. The number of aliphatic hydroxyl groups is 1. The maximum absolute atomic E-state index is 11.5. The van der Waals surface area contributed by atoms with E-state index in [9.17, 15) is 14.7 Å². The number of nitrogens with one attached hydrogen (secondary N) is 2. The van der Waals surface area contributed by atoms with E-state index in [1.54, 1.807) is 0 Å². The third kappa shape index (κ3) is 4.89. The molecule has 0 radical (unpaired) electrons. The van der Waals surface area contributed by atoms with E-state index in [1.807, 2.05) is 0 Å². The molecule has 0 saturated heterocycles. The first-order valence-electron chi connectivity index (χ1n) is 6.01. The molecule has 7 heteroatoms. The molecule has 0 aromatic heterocycles. The zero-order valence-electron chi connectivity index (χ0n) is 10.4. The van der Waals surface area contributed by atoms with Gasteiger partial charge in [-0.3, -0.25) is 0 Å². The molecule has 18 heavy (non-hydrogen) atoms. The molecular weight excluding hydrogens is 240 g/mol. The van der Waals surface area contributed by atoms with Crippen molar-refractivity contribution < 1.29 is 24.5 Å². The van der Waals surface area contributed by atoms with Crippen molar-refractivity contribution in [1.82, 2.24) is 10.6 Å². The van der Waals surface area contributed by atoms with Gasteiger partial charge in [0.25, 0.3) is 0 Å². The number of amides is 2. The van der Waals surface area contributed by atoms with Crippen molar-refractivity contribution in [1.29, 1.82) is 0 Å². The average Bonchev–Trinajstić information content (AvgIpc) is 2.32. The van der Waals surface area contributed by atoms with Crippen LogP contribution >= 0.6 is 0 Å². The largest absolute Gasteiger partial charge is 0.479 e. The Kier molecular flexibility index (Phi) is 5.87.